The van der Waals surface area contributed by atoms with Gasteiger partial charge in [0.2, 0.25) is 0 Å². The van der Waals surface area contributed by atoms with Crippen LogP contribution in [0.15, 0.2) is 35.5 Å². The van der Waals surface area contributed by atoms with Gasteiger partial charge in [0.15, 0.2) is 5.96 Å². The third kappa shape index (κ3) is 7.30. The van der Waals surface area contributed by atoms with Crippen LogP contribution in [0, 0.1) is 0 Å². The molecule has 2 rings (SSSR count). The summed E-state index contributed by atoms with van der Waals surface area (Å²) in [7, 11) is 0. The van der Waals surface area contributed by atoms with Crippen molar-refractivity contribution in [1.82, 2.24) is 4.98 Å². The summed E-state index contributed by atoms with van der Waals surface area (Å²) in [5.74, 6) is 0.152. The van der Waals surface area contributed by atoms with Gasteiger partial charge in [-0.25, -0.2) is 0 Å². The molecule has 1 aromatic carbocycles. The van der Waals surface area contributed by atoms with E-state index in [-0.39, 0.29) is 5.96 Å². The van der Waals surface area contributed by atoms with Crippen LogP contribution in [0.5, 0.6) is 0 Å². The fraction of sp³-hybridized carbons (Fsp3) is 0.250. The average molecular weight is 313 g/mol. The third-order valence-corrected chi connectivity index (χ3v) is 2.51. The van der Waals surface area contributed by atoms with E-state index in [0.29, 0.717) is 6.54 Å². The summed E-state index contributed by atoms with van der Waals surface area (Å²) >= 11 is -2.61. The van der Waals surface area contributed by atoms with Crippen LogP contribution >= 0.6 is 0 Å². The molecule has 0 amide bonds. The van der Waals surface area contributed by atoms with Gasteiger partial charge in [0.1, 0.15) is 0 Å². The van der Waals surface area contributed by atoms with Gasteiger partial charge < -0.3 is 21.8 Å². The Morgan fingerprint density at radius 2 is 2.05 bits per heavy atom. The number of nitrogens with one attached hydrogen (secondary N) is 2. The third-order valence-electron chi connectivity index (χ3n) is 2.51. The Morgan fingerprint density at radius 1 is 1.33 bits per heavy atom. The highest BCUT2D eigenvalue weighted by Crippen LogP contribution is 2.17. The highest BCUT2D eigenvalue weighted by molar-refractivity contribution is 7.73. The van der Waals surface area contributed by atoms with Gasteiger partial charge in [0, 0.05) is 35.9 Å². The Hall–Kier alpha value is -2.10. The van der Waals surface area contributed by atoms with E-state index in [1.807, 2.05) is 6.20 Å². The Balaban J connectivity index is 0.000000491. The zero-order valence-electron chi connectivity index (χ0n) is 11.3. The minimum Gasteiger partial charge on any atom is -0.385 e. The second kappa shape index (κ2) is 8.95. The van der Waals surface area contributed by atoms with Crippen molar-refractivity contribution in [3.05, 3.63) is 30.5 Å². The van der Waals surface area contributed by atoms with E-state index in [1.54, 1.807) is 0 Å². The zero-order valence-corrected chi connectivity index (χ0v) is 12.1. The van der Waals surface area contributed by atoms with Crippen LogP contribution in [0.2, 0.25) is 0 Å². The average Bonchev–Trinajstić information content (AvgIpc) is 2.84. The first-order chi connectivity index (χ1) is 9.99. The molecule has 1 heterocycles. The molecule has 0 saturated heterocycles. The van der Waals surface area contributed by atoms with Gasteiger partial charge in [-0.05, 0) is 30.7 Å². The number of guanidine groups is 1. The van der Waals surface area contributed by atoms with Crippen LogP contribution in [0.4, 0.5) is 5.69 Å². The molecule has 0 aliphatic heterocycles. The maximum atomic E-state index is 8.67. The number of benzene rings is 1. The number of fused-ring (bicyclic) bond motifs is 1. The van der Waals surface area contributed by atoms with Gasteiger partial charge in [-0.1, -0.05) is 0 Å². The SMILES string of the molecule is NC(N)=NCCCNc1ccc2[nH]ccc2c1.O=S(O)O. The summed E-state index contributed by atoms with van der Waals surface area (Å²) in [5.41, 5.74) is 12.7. The van der Waals surface area contributed by atoms with Gasteiger partial charge in [-0.3, -0.25) is 14.1 Å². The molecule has 21 heavy (non-hydrogen) atoms. The molecule has 0 radical (unpaired) electrons. The van der Waals surface area contributed by atoms with Crippen molar-refractivity contribution >= 4 is 33.9 Å². The van der Waals surface area contributed by atoms with Gasteiger partial charge in [0.25, 0.3) is 11.4 Å². The second-order valence-electron chi connectivity index (χ2n) is 4.10. The van der Waals surface area contributed by atoms with E-state index in [9.17, 15) is 0 Å². The summed E-state index contributed by atoms with van der Waals surface area (Å²) in [5, 5.41) is 4.54. The van der Waals surface area contributed by atoms with Gasteiger partial charge in [0.05, 0.1) is 0 Å². The Morgan fingerprint density at radius 3 is 2.71 bits per heavy atom. The lowest BCUT2D eigenvalue weighted by Gasteiger charge is -2.05. The number of hydrogen-bond acceptors (Lipinski definition) is 3. The van der Waals surface area contributed by atoms with E-state index in [4.69, 9.17) is 24.8 Å². The predicted octanol–water partition coefficient (Wildman–Crippen LogP) is 0.924. The van der Waals surface area contributed by atoms with Crippen molar-refractivity contribution in [1.29, 1.82) is 0 Å². The highest BCUT2D eigenvalue weighted by Gasteiger charge is 1.96. The second-order valence-corrected chi connectivity index (χ2v) is 4.56. The van der Waals surface area contributed by atoms with E-state index in [2.05, 4.69) is 39.6 Å². The molecule has 1 aromatic heterocycles. The van der Waals surface area contributed by atoms with Crippen molar-refractivity contribution in [2.75, 3.05) is 18.4 Å². The first-order valence-electron chi connectivity index (χ1n) is 6.15. The molecule has 8 nitrogen and oxygen atoms in total. The fourth-order valence-corrected chi connectivity index (χ4v) is 1.68. The summed E-state index contributed by atoms with van der Waals surface area (Å²) in [6.45, 7) is 1.51. The normalized spacial score (nSPS) is 10.0. The van der Waals surface area contributed by atoms with Crippen molar-refractivity contribution in [2.45, 2.75) is 6.42 Å². The highest BCUT2D eigenvalue weighted by atomic mass is 32.2. The number of aromatic nitrogens is 1. The number of aromatic amines is 1. The van der Waals surface area contributed by atoms with Gasteiger partial charge in [-0.15, -0.1) is 0 Å². The Bertz CT molecular complexity index is 606. The molecule has 0 atom stereocenters. The summed E-state index contributed by atoms with van der Waals surface area (Å²) in [6.07, 6.45) is 2.84. The molecular formula is C12H19N5O3S. The van der Waals surface area contributed by atoms with E-state index in [0.717, 1.165) is 24.2 Å². The monoisotopic (exact) mass is 313 g/mol. The van der Waals surface area contributed by atoms with Crippen molar-refractivity contribution in [3.63, 3.8) is 0 Å². The number of aliphatic imine (C=N–C) groups is 1. The Kier molecular flexibility index (Phi) is 7.23. The fourth-order valence-electron chi connectivity index (χ4n) is 1.68. The van der Waals surface area contributed by atoms with Crippen LogP contribution in [0.25, 0.3) is 10.9 Å². The van der Waals surface area contributed by atoms with Crippen LogP contribution in [0.3, 0.4) is 0 Å². The van der Waals surface area contributed by atoms with Gasteiger partial charge in [-0.2, -0.15) is 4.21 Å². The molecule has 0 saturated carbocycles. The molecule has 2 aromatic rings. The lowest BCUT2D eigenvalue weighted by Crippen LogP contribution is -2.23. The molecule has 0 spiro atoms. The van der Waals surface area contributed by atoms with Crippen LogP contribution < -0.4 is 16.8 Å². The maximum absolute atomic E-state index is 8.67. The molecule has 0 bridgehead atoms. The molecule has 0 fully saturated rings. The minimum absolute atomic E-state index is 0.152. The first-order valence-corrected chi connectivity index (χ1v) is 7.21. The minimum atomic E-state index is -2.61. The maximum Gasteiger partial charge on any atom is 0.299 e. The number of nitrogens with zero attached hydrogens (tertiary/aromatic N) is 1. The van der Waals surface area contributed by atoms with Crippen LogP contribution in [-0.2, 0) is 11.4 Å². The van der Waals surface area contributed by atoms with Crippen molar-refractivity contribution in [3.8, 4) is 0 Å². The number of anilines is 1. The summed E-state index contributed by atoms with van der Waals surface area (Å²) in [4.78, 5) is 7.09. The molecule has 0 aliphatic carbocycles. The number of hydrogen-bond donors (Lipinski definition) is 6. The predicted molar refractivity (Wildman–Crippen MR) is 85.5 cm³/mol. The molecule has 116 valence electrons. The van der Waals surface area contributed by atoms with E-state index < -0.39 is 11.4 Å². The van der Waals surface area contributed by atoms with Crippen molar-refractivity contribution < 1.29 is 13.3 Å². The largest absolute Gasteiger partial charge is 0.385 e. The van der Waals surface area contributed by atoms with Crippen LogP contribution in [-0.4, -0.2) is 37.3 Å². The summed E-state index contributed by atoms with van der Waals surface area (Å²) < 4.78 is 22.8. The van der Waals surface area contributed by atoms with Crippen LogP contribution in [0.1, 0.15) is 6.42 Å². The number of rotatable bonds is 5. The number of H-pyrrole nitrogens is 1. The lowest BCUT2D eigenvalue weighted by atomic mass is 10.2. The molecule has 0 aliphatic rings. The molecule has 0 unspecified atom stereocenters. The molecular weight excluding hydrogens is 294 g/mol. The van der Waals surface area contributed by atoms with E-state index in [1.165, 1.54) is 5.39 Å². The Labute approximate surface area is 124 Å². The number of nitrogens with two attached hydrogens (primary N) is 2. The van der Waals surface area contributed by atoms with Gasteiger partial charge >= 0.3 is 0 Å². The first kappa shape index (κ1) is 17.0. The summed E-state index contributed by atoms with van der Waals surface area (Å²) in [6, 6.07) is 8.29. The molecule has 8 N–H and O–H groups in total. The standard InChI is InChI=1S/C12H17N5.H2O3S/c13-12(14)17-6-1-5-15-10-2-3-11-9(8-10)4-7-16-11;1-4(2)3/h2-4,7-8,15-16H,1,5-6H2,(H4,13,14,17);(H2,1,2,3). The smallest absolute Gasteiger partial charge is 0.299 e. The van der Waals surface area contributed by atoms with E-state index >= 15 is 0 Å². The quantitative estimate of drug-likeness (QED) is 0.209. The zero-order chi connectivity index (χ0) is 15.7. The lowest BCUT2D eigenvalue weighted by molar-refractivity contribution is 0.454. The topological polar surface area (TPSA) is 150 Å². The molecule has 9 heteroatoms. The van der Waals surface area contributed by atoms with Crippen molar-refractivity contribution in [2.24, 2.45) is 16.5 Å².